The minimum atomic E-state index is -0.350. The molecule has 28 heavy (non-hydrogen) atoms. The molecule has 144 valence electrons. The zero-order valence-corrected chi connectivity index (χ0v) is 15.7. The summed E-state index contributed by atoms with van der Waals surface area (Å²) in [5.74, 6) is 0.478. The number of fused-ring (bicyclic) bond motifs is 3. The first-order valence-corrected chi connectivity index (χ1v) is 9.24. The second kappa shape index (κ2) is 7.86. The summed E-state index contributed by atoms with van der Waals surface area (Å²) in [7, 11) is 1.39. The largest absolute Gasteiger partial charge is 0.490 e. The highest BCUT2D eigenvalue weighted by Crippen LogP contribution is 2.38. The lowest BCUT2D eigenvalue weighted by Gasteiger charge is -2.10. The predicted octanol–water partition coefficient (Wildman–Crippen LogP) is 2.90. The fourth-order valence-corrected chi connectivity index (χ4v) is 3.60. The van der Waals surface area contributed by atoms with Crippen LogP contribution in [-0.4, -0.2) is 44.1 Å². The highest BCUT2D eigenvalue weighted by Gasteiger charge is 2.32. The fourth-order valence-electron chi connectivity index (χ4n) is 3.60. The van der Waals surface area contributed by atoms with Gasteiger partial charge >= 0.3 is 5.97 Å². The van der Waals surface area contributed by atoms with Crippen LogP contribution in [0.2, 0.25) is 0 Å². The molecular weight excluding hydrogens is 356 g/mol. The number of nitrogens with one attached hydrogen (secondary N) is 1. The summed E-state index contributed by atoms with van der Waals surface area (Å²) in [5, 5.41) is 7.58. The highest BCUT2D eigenvalue weighted by molar-refractivity contribution is 6.24. The van der Waals surface area contributed by atoms with Crippen molar-refractivity contribution in [3.05, 3.63) is 66.2 Å². The quantitative estimate of drug-likeness (QED) is 0.406. The predicted molar refractivity (Wildman–Crippen MR) is 107 cm³/mol. The number of esters is 1. The molecule has 0 bridgehead atoms. The van der Waals surface area contributed by atoms with Crippen molar-refractivity contribution in [3.8, 4) is 16.9 Å². The number of carbonyl (C=O) groups is 1. The molecule has 2 aromatic rings. The lowest BCUT2D eigenvalue weighted by atomic mass is 10.1. The Morgan fingerprint density at radius 1 is 1.21 bits per heavy atom. The molecule has 2 atom stereocenters. The van der Waals surface area contributed by atoms with E-state index in [9.17, 15) is 4.79 Å². The average Bonchev–Trinajstić information content (AvgIpc) is 3.32. The van der Waals surface area contributed by atoms with Gasteiger partial charge in [0.25, 0.3) is 0 Å². The van der Waals surface area contributed by atoms with Crippen molar-refractivity contribution in [2.24, 2.45) is 5.16 Å². The molecule has 1 aliphatic heterocycles. The Balaban J connectivity index is 1.61. The van der Waals surface area contributed by atoms with Gasteiger partial charge in [0.2, 0.25) is 0 Å². The summed E-state index contributed by atoms with van der Waals surface area (Å²) < 4.78 is 10.5. The van der Waals surface area contributed by atoms with E-state index in [0.29, 0.717) is 19.6 Å². The minimum absolute atomic E-state index is 0.187. The van der Waals surface area contributed by atoms with Gasteiger partial charge in [-0.1, -0.05) is 42.1 Å². The summed E-state index contributed by atoms with van der Waals surface area (Å²) in [6.45, 7) is 4.68. The minimum Gasteiger partial charge on any atom is -0.490 e. The van der Waals surface area contributed by atoms with Crippen LogP contribution in [0.25, 0.3) is 11.1 Å². The molecule has 1 heterocycles. The Kier molecular flexibility index (Phi) is 5.12. The Morgan fingerprint density at radius 2 is 2.00 bits per heavy atom. The first-order valence-electron chi connectivity index (χ1n) is 9.24. The summed E-state index contributed by atoms with van der Waals surface area (Å²) >= 11 is 0. The lowest BCUT2D eigenvalue weighted by Crippen LogP contribution is -2.31. The molecule has 2 aliphatic rings. The van der Waals surface area contributed by atoms with Crippen LogP contribution < -0.4 is 10.1 Å². The number of ether oxygens (including phenoxy) is 2. The number of methoxy groups -OCH3 is 1. The molecule has 0 unspecified atom stereocenters. The zero-order chi connectivity index (χ0) is 19.5. The maximum atomic E-state index is 11.7. The van der Waals surface area contributed by atoms with Crippen LogP contribution >= 0.6 is 0 Å². The Bertz CT molecular complexity index is 938. The summed E-state index contributed by atoms with van der Waals surface area (Å²) in [4.78, 5) is 17.5. The van der Waals surface area contributed by atoms with Gasteiger partial charge in [-0.2, -0.15) is 0 Å². The molecule has 0 aromatic heterocycles. The van der Waals surface area contributed by atoms with Crippen molar-refractivity contribution in [1.82, 2.24) is 5.32 Å². The van der Waals surface area contributed by atoms with Crippen LogP contribution in [0.5, 0.6) is 5.75 Å². The van der Waals surface area contributed by atoms with Crippen LogP contribution in [0.15, 0.2) is 60.3 Å². The molecule has 1 N–H and O–H groups in total. The monoisotopic (exact) mass is 378 g/mol. The molecule has 0 saturated carbocycles. The number of hydrogen-bond donors (Lipinski definition) is 1. The van der Waals surface area contributed by atoms with Gasteiger partial charge in [0.15, 0.2) is 0 Å². The van der Waals surface area contributed by atoms with Crippen molar-refractivity contribution < 1.29 is 19.1 Å². The molecule has 1 fully saturated rings. The highest BCUT2D eigenvalue weighted by atomic mass is 16.6. The van der Waals surface area contributed by atoms with Crippen molar-refractivity contribution in [2.45, 2.75) is 18.6 Å². The van der Waals surface area contributed by atoms with E-state index in [0.717, 1.165) is 33.7 Å². The van der Waals surface area contributed by atoms with E-state index in [2.05, 4.69) is 23.1 Å². The molecule has 0 spiro atoms. The molecule has 1 aliphatic carbocycles. The van der Waals surface area contributed by atoms with Gasteiger partial charge in [-0.3, -0.25) is 4.79 Å². The van der Waals surface area contributed by atoms with Gasteiger partial charge in [-0.25, -0.2) is 0 Å². The van der Waals surface area contributed by atoms with Gasteiger partial charge in [0.1, 0.15) is 30.2 Å². The SMILES string of the molecule is C=CCOc1ccc2c(c1)/C(=N\O[C@H]1CN[C@H](C(=O)OC)C1)c1ccccc1-2. The maximum absolute atomic E-state index is 11.7. The number of oxime groups is 1. The smallest absolute Gasteiger partial charge is 0.323 e. The second-order valence-corrected chi connectivity index (χ2v) is 6.74. The van der Waals surface area contributed by atoms with E-state index < -0.39 is 0 Å². The van der Waals surface area contributed by atoms with Crippen molar-refractivity contribution in [3.63, 3.8) is 0 Å². The van der Waals surface area contributed by atoms with E-state index >= 15 is 0 Å². The van der Waals surface area contributed by atoms with Crippen LogP contribution in [0.1, 0.15) is 17.5 Å². The van der Waals surface area contributed by atoms with Crippen LogP contribution in [0.3, 0.4) is 0 Å². The van der Waals surface area contributed by atoms with Gasteiger partial charge in [-0.15, -0.1) is 0 Å². The first-order chi connectivity index (χ1) is 13.7. The zero-order valence-electron chi connectivity index (χ0n) is 15.7. The number of hydrogen-bond acceptors (Lipinski definition) is 6. The molecule has 6 heteroatoms. The third kappa shape index (κ3) is 3.39. The molecule has 1 saturated heterocycles. The number of rotatable bonds is 6. The van der Waals surface area contributed by atoms with Gasteiger partial charge < -0.3 is 19.6 Å². The maximum Gasteiger partial charge on any atom is 0.323 e. The topological polar surface area (TPSA) is 69.2 Å². The summed E-state index contributed by atoms with van der Waals surface area (Å²) in [6.07, 6.45) is 2.05. The number of nitrogens with zero attached hydrogens (tertiary/aromatic N) is 1. The standard InChI is InChI=1S/C22H22N2O4/c1-3-10-27-14-8-9-17-16-6-4-5-7-18(16)21(19(17)11-14)24-28-15-12-20(23-13-15)22(25)26-2/h3-9,11,15,20,23H,1,10,12-13H2,2H3/b24-21-/t15-,20+/m1/s1. The van der Waals surface area contributed by atoms with E-state index in [1.807, 2.05) is 36.4 Å². The van der Waals surface area contributed by atoms with E-state index in [1.54, 1.807) is 6.08 Å². The number of carbonyl (C=O) groups excluding carboxylic acids is 1. The third-order valence-corrected chi connectivity index (χ3v) is 4.96. The van der Waals surface area contributed by atoms with Crippen LogP contribution in [0.4, 0.5) is 0 Å². The third-order valence-electron chi connectivity index (χ3n) is 4.96. The van der Waals surface area contributed by atoms with Gasteiger partial charge in [0, 0.05) is 24.1 Å². The molecular formula is C22H22N2O4. The first kappa shape index (κ1) is 18.3. The van der Waals surface area contributed by atoms with Crippen molar-refractivity contribution >= 4 is 11.7 Å². The molecule has 6 nitrogen and oxygen atoms in total. The lowest BCUT2D eigenvalue weighted by molar-refractivity contribution is -0.142. The van der Waals surface area contributed by atoms with Crippen molar-refractivity contribution in [2.75, 3.05) is 20.3 Å². The second-order valence-electron chi connectivity index (χ2n) is 6.74. The van der Waals surface area contributed by atoms with Crippen LogP contribution in [0, 0.1) is 0 Å². The normalized spacial score (nSPS) is 21.1. The Morgan fingerprint density at radius 3 is 2.79 bits per heavy atom. The molecule has 2 aromatic carbocycles. The fraction of sp³-hybridized carbons (Fsp3) is 0.273. The van der Waals surface area contributed by atoms with E-state index in [-0.39, 0.29) is 18.1 Å². The van der Waals surface area contributed by atoms with Crippen molar-refractivity contribution in [1.29, 1.82) is 0 Å². The Hall–Kier alpha value is -3.12. The Labute approximate surface area is 163 Å². The van der Waals surface area contributed by atoms with E-state index in [1.165, 1.54) is 7.11 Å². The molecule has 0 radical (unpaired) electrons. The van der Waals surface area contributed by atoms with E-state index in [4.69, 9.17) is 14.3 Å². The van der Waals surface area contributed by atoms with Crippen LogP contribution in [-0.2, 0) is 14.4 Å². The molecule has 0 amide bonds. The summed E-state index contributed by atoms with van der Waals surface area (Å²) in [6, 6.07) is 13.7. The summed E-state index contributed by atoms with van der Waals surface area (Å²) in [5.41, 5.74) is 4.98. The number of benzene rings is 2. The van der Waals surface area contributed by atoms with Gasteiger partial charge in [0.05, 0.1) is 7.11 Å². The molecule has 4 rings (SSSR count). The average molecular weight is 378 g/mol. The van der Waals surface area contributed by atoms with Gasteiger partial charge in [-0.05, 0) is 29.3 Å².